The smallest absolute Gasteiger partial charge is 0.339 e. The first-order valence-electron chi connectivity index (χ1n) is 4.32. The van der Waals surface area contributed by atoms with Crippen LogP contribution in [0.25, 0.3) is 0 Å². The quantitative estimate of drug-likeness (QED) is 0.715. The SMILES string of the molecule is C#CCNc1nnc(C)c(C)c1C(=O)O. The van der Waals surface area contributed by atoms with Gasteiger partial charge in [0.2, 0.25) is 0 Å². The Hall–Kier alpha value is -2.09. The fourth-order valence-electron chi connectivity index (χ4n) is 1.13. The molecule has 0 atom stereocenters. The molecule has 0 aliphatic carbocycles. The van der Waals surface area contributed by atoms with Crippen LogP contribution in [0.15, 0.2) is 0 Å². The van der Waals surface area contributed by atoms with Gasteiger partial charge in [-0.05, 0) is 19.4 Å². The number of hydrogen-bond donors (Lipinski definition) is 2. The lowest BCUT2D eigenvalue weighted by Crippen LogP contribution is -2.13. The van der Waals surface area contributed by atoms with Crippen molar-refractivity contribution in [2.24, 2.45) is 0 Å². The molecule has 0 aliphatic rings. The molecule has 0 aliphatic heterocycles. The van der Waals surface area contributed by atoms with Gasteiger partial charge in [0.25, 0.3) is 0 Å². The molecule has 0 saturated heterocycles. The van der Waals surface area contributed by atoms with Gasteiger partial charge in [0.1, 0.15) is 5.56 Å². The van der Waals surface area contributed by atoms with Gasteiger partial charge in [0.05, 0.1) is 12.2 Å². The maximum absolute atomic E-state index is 11.0. The number of terminal acetylenes is 1. The largest absolute Gasteiger partial charge is 0.478 e. The minimum absolute atomic E-state index is 0.123. The average molecular weight is 205 g/mol. The molecule has 1 rings (SSSR count). The second-order valence-electron chi connectivity index (χ2n) is 3.00. The van der Waals surface area contributed by atoms with E-state index in [1.807, 2.05) is 0 Å². The molecule has 15 heavy (non-hydrogen) atoms. The molecule has 0 fully saturated rings. The Morgan fingerprint density at radius 2 is 2.20 bits per heavy atom. The molecule has 2 N–H and O–H groups in total. The molecule has 0 bridgehead atoms. The Morgan fingerprint density at radius 1 is 1.53 bits per heavy atom. The Labute approximate surface area is 87.5 Å². The Kier molecular flexibility index (Phi) is 3.24. The van der Waals surface area contributed by atoms with E-state index in [4.69, 9.17) is 11.5 Å². The van der Waals surface area contributed by atoms with Crippen molar-refractivity contribution < 1.29 is 9.90 Å². The molecule has 0 amide bonds. The first-order valence-corrected chi connectivity index (χ1v) is 4.32. The van der Waals surface area contributed by atoms with Gasteiger partial charge >= 0.3 is 5.97 Å². The van der Waals surface area contributed by atoms with Crippen LogP contribution < -0.4 is 5.32 Å². The summed E-state index contributed by atoms with van der Waals surface area (Å²) >= 11 is 0. The number of rotatable bonds is 3. The molecule has 5 heteroatoms. The normalized spacial score (nSPS) is 9.40. The number of anilines is 1. The van der Waals surface area contributed by atoms with Crippen molar-refractivity contribution in [3.8, 4) is 12.3 Å². The van der Waals surface area contributed by atoms with Gasteiger partial charge in [0.15, 0.2) is 5.82 Å². The highest BCUT2D eigenvalue weighted by atomic mass is 16.4. The van der Waals surface area contributed by atoms with Crippen molar-refractivity contribution in [3.63, 3.8) is 0 Å². The zero-order chi connectivity index (χ0) is 11.4. The highest BCUT2D eigenvalue weighted by Gasteiger charge is 2.16. The molecule has 0 radical (unpaired) electrons. The van der Waals surface area contributed by atoms with Crippen molar-refractivity contribution in [1.82, 2.24) is 10.2 Å². The molecule has 0 unspecified atom stereocenters. The van der Waals surface area contributed by atoms with Crippen LogP contribution in [-0.4, -0.2) is 27.8 Å². The van der Waals surface area contributed by atoms with E-state index in [-0.39, 0.29) is 17.9 Å². The number of carboxylic acids is 1. The van der Waals surface area contributed by atoms with Crippen LogP contribution in [0.2, 0.25) is 0 Å². The van der Waals surface area contributed by atoms with Gasteiger partial charge in [-0.2, -0.15) is 5.10 Å². The summed E-state index contributed by atoms with van der Waals surface area (Å²) in [6, 6.07) is 0. The number of carbonyl (C=O) groups is 1. The summed E-state index contributed by atoms with van der Waals surface area (Å²) in [4.78, 5) is 11.0. The zero-order valence-electron chi connectivity index (χ0n) is 8.53. The minimum Gasteiger partial charge on any atom is -0.478 e. The number of carboxylic acid groups (broad SMARTS) is 1. The molecule has 78 valence electrons. The number of aromatic carboxylic acids is 1. The van der Waals surface area contributed by atoms with Crippen molar-refractivity contribution in [1.29, 1.82) is 0 Å². The molecule has 1 heterocycles. The molecule has 0 spiro atoms. The predicted molar refractivity (Wildman–Crippen MR) is 55.8 cm³/mol. The van der Waals surface area contributed by atoms with Crippen LogP contribution in [0.5, 0.6) is 0 Å². The van der Waals surface area contributed by atoms with Crippen LogP contribution in [0.1, 0.15) is 21.6 Å². The third-order valence-corrected chi connectivity index (χ3v) is 2.03. The maximum atomic E-state index is 11.0. The average Bonchev–Trinajstić information content (AvgIpc) is 2.19. The fraction of sp³-hybridized carbons (Fsp3) is 0.300. The van der Waals surface area contributed by atoms with Crippen LogP contribution in [0.3, 0.4) is 0 Å². The minimum atomic E-state index is -1.04. The third-order valence-electron chi connectivity index (χ3n) is 2.03. The standard InChI is InChI=1S/C10H11N3O2/c1-4-5-11-9-8(10(14)15)6(2)7(3)12-13-9/h1H,5H2,2-3H3,(H,11,13)(H,14,15). The summed E-state index contributed by atoms with van der Waals surface area (Å²) in [6.45, 7) is 3.62. The molecular weight excluding hydrogens is 194 g/mol. The van der Waals surface area contributed by atoms with Crippen molar-refractivity contribution in [2.75, 3.05) is 11.9 Å². The van der Waals surface area contributed by atoms with E-state index in [1.165, 1.54) is 0 Å². The number of nitrogens with one attached hydrogen (secondary N) is 1. The number of nitrogens with zero attached hydrogens (tertiary/aromatic N) is 2. The van der Waals surface area contributed by atoms with Gasteiger partial charge in [-0.3, -0.25) is 0 Å². The van der Waals surface area contributed by atoms with E-state index in [2.05, 4.69) is 21.4 Å². The maximum Gasteiger partial charge on any atom is 0.339 e. The lowest BCUT2D eigenvalue weighted by Gasteiger charge is -2.09. The summed E-state index contributed by atoms with van der Waals surface area (Å²) in [5.74, 6) is 1.52. The lowest BCUT2D eigenvalue weighted by molar-refractivity contribution is 0.0696. The summed E-state index contributed by atoms with van der Waals surface area (Å²) in [5, 5.41) is 19.3. The molecule has 0 aromatic carbocycles. The first kappa shape index (κ1) is 11.0. The van der Waals surface area contributed by atoms with Crippen LogP contribution in [-0.2, 0) is 0 Å². The van der Waals surface area contributed by atoms with Crippen molar-refractivity contribution in [3.05, 3.63) is 16.8 Å². The third kappa shape index (κ3) is 2.23. The van der Waals surface area contributed by atoms with Gasteiger partial charge in [0, 0.05) is 0 Å². The van der Waals surface area contributed by atoms with Crippen LogP contribution in [0, 0.1) is 26.2 Å². The highest BCUT2D eigenvalue weighted by Crippen LogP contribution is 2.17. The van der Waals surface area contributed by atoms with Gasteiger partial charge in [-0.15, -0.1) is 11.5 Å². The number of aromatic nitrogens is 2. The first-order chi connectivity index (χ1) is 7.07. The van der Waals surface area contributed by atoms with Crippen molar-refractivity contribution >= 4 is 11.8 Å². The Balaban J connectivity index is 3.22. The second-order valence-corrected chi connectivity index (χ2v) is 3.00. The van der Waals surface area contributed by atoms with E-state index in [1.54, 1.807) is 13.8 Å². The summed E-state index contributed by atoms with van der Waals surface area (Å²) < 4.78 is 0. The topological polar surface area (TPSA) is 75.1 Å². The van der Waals surface area contributed by atoms with Crippen LogP contribution >= 0.6 is 0 Å². The van der Waals surface area contributed by atoms with Gasteiger partial charge < -0.3 is 10.4 Å². The molecule has 1 aromatic heterocycles. The molecule has 1 aromatic rings. The van der Waals surface area contributed by atoms with E-state index < -0.39 is 5.97 Å². The summed E-state index contributed by atoms with van der Waals surface area (Å²) in [5.41, 5.74) is 1.31. The Morgan fingerprint density at radius 3 is 2.73 bits per heavy atom. The van der Waals surface area contributed by atoms with Crippen molar-refractivity contribution in [2.45, 2.75) is 13.8 Å². The number of hydrogen-bond acceptors (Lipinski definition) is 4. The highest BCUT2D eigenvalue weighted by molar-refractivity contribution is 5.94. The fourth-order valence-corrected chi connectivity index (χ4v) is 1.13. The van der Waals surface area contributed by atoms with E-state index in [0.717, 1.165) is 0 Å². The summed E-state index contributed by atoms with van der Waals surface area (Å²) in [6.07, 6.45) is 5.06. The zero-order valence-corrected chi connectivity index (χ0v) is 8.53. The summed E-state index contributed by atoms with van der Waals surface area (Å²) in [7, 11) is 0. The van der Waals surface area contributed by atoms with E-state index >= 15 is 0 Å². The van der Waals surface area contributed by atoms with E-state index in [9.17, 15) is 4.79 Å². The lowest BCUT2D eigenvalue weighted by atomic mass is 10.1. The van der Waals surface area contributed by atoms with Gasteiger partial charge in [-0.25, -0.2) is 4.79 Å². The molecule has 5 nitrogen and oxygen atoms in total. The predicted octanol–water partition coefficient (Wildman–Crippen LogP) is 0.837. The molecular formula is C10H11N3O2. The Bertz CT molecular complexity index is 435. The monoisotopic (exact) mass is 205 g/mol. The molecule has 0 saturated carbocycles. The van der Waals surface area contributed by atoms with E-state index in [0.29, 0.717) is 11.3 Å². The van der Waals surface area contributed by atoms with Gasteiger partial charge in [-0.1, -0.05) is 5.92 Å². The second kappa shape index (κ2) is 4.42. The number of aryl methyl sites for hydroxylation is 1. The van der Waals surface area contributed by atoms with Crippen LogP contribution in [0.4, 0.5) is 5.82 Å².